The van der Waals surface area contributed by atoms with Crippen molar-refractivity contribution in [1.82, 2.24) is 0 Å². The molecule has 1 radical (unpaired) electrons. The average Bonchev–Trinajstić information content (AvgIpc) is 1.86. The van der Waals surface area contributed by atoms with Crippen molar-refractivity contribution in [1.29, 1.82) is 0 Å². The van der Waals surface area contributed by atoms with Gasteiger partial charge >= 0.3 is 0 Å². The fourth-order valence-electron chi connectivity index (χ4n) is 0.313. The van der Waals surface area contributed by atoms with E-state index in [0.29, 0.717) is 0 Å². The van der Waals surface area contributed by atoms with Crippen LogP contribution < -0.4 is 0 Å². The molecule has 0 atom stereocenters. The fraction of sp³-hybridized carbons (Fsp3) is 0. The molecule has 1 aromatic heterocycles. The molecular formula is C6H8OY-2. The molecule has 8 heavy (non-hydrogen) atoms. The van der Waals surface area contributed by atoms with Crippen molar-refractivity contribution in [2.24, 2.45) is 0 Å². The van der Waals surface area contributed by atoms with E-state index >= 15 is 0 Å². The molecule has 0 amide bonds. The van der Waals surface area contributed by atoms with Gasteiger partial charge in [0.25, 0.3) is 0 Å². The molecule has 1 rings (SSSR count). The van der Waals surface area contributed by atoms with Gasteiger partial charge in [-0.1, -0.05) is 0 Å². The van der Waals surface area contributed by atoms with Crippen molar-refractivity contribution in [3.8, 4) is 0 Å². The molecule has 2 heteroatoms. The summed E-state index contributed by atoms with van der Waals surface area (Å²) < 4.78 is 4.72. The van der Waals surface area contributed by atoms with Crippen molar-refractivity contribution in [3.05, 3.63) is 38.5 Å². The third kappa shape index (κ3) is 3.28. The van der Waals surface area contributed by atoms with Crippen molar-refractivity contribution >= 4 is 0 Å². The summed E-state index contributed by atoms with van der Waals surface area (Å²) in [7, 11) is 0. The molecule has 1 aromatic rings. The van der Waals surface area contributed by atoms with E-state index in [4.69, 9.17) is 4.42 Å². The predicted molar refractivity (Wildman–Crippen MR) is 29.6 cm³/mol. The minimum Gasteiger partial charge on any atom is -0.504 e. The summed E-state index contributed by atoms with van der Waals surface area (Å²) in [6.45, 7) is 3.51. The van der Waals surface area contributed by atoms with Gasteiger partial charge in [-0.25, -0.2) is 6.92 Å². The standard InChI is InChI=1S/C5H5O.CH3.Y/c1-5-3-2-4-6-5;;/h2-4H,1H2;1H3;/q2*-1;. The zero-order valence-electron chi connectivity index (χ0n) is 4.92. The second-order valence-corrected chi connectivity index (χ2v) is 1.08. The van der Waals surface area contributed by atoms with Crippen LogP contribution >= 0.6 is 0 Å². The van der Waals surface area contributed by atoms with Crippen LogP contribution in [0.5, 0.6) is 0 Å². The van der Waals surface area contributed by atoms with Gasteiger partial charge in [0.1, 0.15) is 0 Å². The first-order valence-electron chi connectivity index (χ1n) is 1.75. The normalized spacial score (nSPS) is 6.50. The first-order chi connectivity index (χ1) is 2.89. The van der Waals surface area contributed by atoms with Crippen LogP contribution in [0, 0.1) is 14.4 Å². The van der Waals surface area contributed by atoms with Crippen LogP contribution in [0.15, 0.2) is 22.8 Å². The molecule has 43 valence electrons. The number of hydrogen-bond acceptors (Lipinski definition) is 1. The zero-order chi connectivity index (χ0) is 4.41. The first kappa shape index (κ1) is 11.1. The number of rotatable bonds is 0. The smallest absolute Gasteiger partial charge is 0.0688 e. The summed E-state index contributed by atoms with van der Waals surface area (Å²) in [4.78, 5) is 0. The summed E-state index contributed by atoms with van der Waals surface area (Å²) >= 11 is 0. The molecule has 0 saturated heterocycles. The molecule has 0 aliphatic rings. The quantitative estimate of drug-likeness (QED) is 0.562. The van der Waals surface area contributed by atoms with Gasteiger partial charge in [0.15, 0.2) is 0 Å². The van der Waals surface area contributed by atoms with E-state index in [1.807, 2.05) is 6.07 Å². The summed E-state index contributed by atoms with van der Waals surface area (Å²) in [6.07, 6.45) is 1.60. The maximum atomic E-state index is 4.72. The van der Waals surface area contributed by atoms with Gasteiger partial charge in [0, 0.05) is 32.7 Å². The summed E-state index contributed by atoms with van der Waals surface area (Å²) in [5.74, 6) is 0.718. The molecule has 1 nitrogen and oxygen atoms in total. The molecule has 0 spiro atoms. The summed E-state index contributed by atoms with van der Waals surface area (Å²) in [5, 5.41) is 0. The van der Waals surface area contributed by atoms with Crippen LogP contribution in [0.25, 0.3) is 0 Å². The van der Waals surface area contributed by atoms with Gasteiger partial charge in [-0.15, -0.1) is 6.07 Å². The minimum atomic E-state index is 0. The van der Waals surface area contributed by atoms with Crippen LogP contribution in [0.3, 0.4) is 0 Å². The molecule has 0 aliphatic carbocycles. The van der Waals surface area contributed by atoms with Crippen molar-refractivity contribution in [2.75, 3.05) is 0 Å². The third-order valence-electron chi connectivity index (χ3n) is 0.580. The molecule has 0 aromatic carbocycles. The second kappa shape index (κ2) is 5.39. The maximum absolute atomic E-state index is 4.72. The van der Waals surface area contributed by atoms with Crippen LogP contribution in [-0.2, 0) is 32.7 Å². The van der Waals surface area contributed by atoms with Crippen LogP contribution in [0.4, 0.5) is 0 Å². The van der Waals surface area contributed by atoms with Gasteiger partial charge in [-0.2, -0.15) is 6.07 Å². The largest absolute Gasteiger partial charge is 0.504 e. The molecular weight excluding hydrogens is 177 g/mol. The second-order valence-electron chi connectivity index (χ2n) is 1.08. The zero-order valence-corrected chi connectivity index (χ0v) is 7.76. The van der Waals surface area contributed by atoms with Crippen LogP contribution in [0.2, 0.25) is 0 Å². The summed E-state index contributed by atoms with van der Waals surface area (Å²) in [6, 6.07) is 3.61. The fourth-order valence-corrected chi connectivity index (χ4v) is 0.313. The first-order valence-corrected chi connectivity index (χ1v) is 1.75. The number of hydrogen-bond donors (Lipinski definition) is 0. The Labute approximate surface area is 75.3 Å². The topological polar surface area (TPSA) is 13.1 Å². The Morgan fingerprint density at radius 2 is 2.12 bits per heavy atom. The molecule has 0 aliphatic heterocycles. The van der Waals surface area contributed by atoms with Gasteiger partial charge in [-0.05, 0) is 5.76 Å². The Balaban J connectivity index is 0. The van der Waals surface area contributed by atoms with Gasteiger partial charge in [0.2, 0.25) is 0 Å². The van der Waals surface area contributed by atoms with E-state index in [2.05, 4.69) is 6.92 Å². The van der Waals surface area contributed by atoms with Crippen molar-refractivity contribution in [3.63, 3.8) is 0 Å². The van der Waals surface area contributed by atoms with Crippen molar-refractivity contribution < 1.29 is 37.1 Å². The Kier molecular flexibility index (Phi) is 7.48. The third-order valence-corrected chi connectivity index (χ3v) is 0.580. The Morgan fingerprint density at radius 3 is 2.25 bits per heavy atom. The number of furan rings is 1. The van der Waals surface area contributed by atoms with E-state index < -0.39 is 0 Å². The monoisotopic (exact) mass is 185 g/mol. The molecule has 1 heterocycles. The molecule has 0 fully saturated rings. The van der Waals surface area contributed by atoms with E-state index in [9.17, 15) is 0 Å². The molecule has 0 saturated carbocycles. The van der Waals surface area contributed by atoms with E-state index in [0.717, 1.165) is 5.76 Å². The van der Waals surface area contributed by atoms with Crippen LogP contribution in [-0.4, -0.2) is 0 Å². The Morgan fingerprint density at radius 1 is 1.50 bits per heavy atom. The van der Waals surface area contributed by atoms with E-state index in [-0.39, 0.29) is 40.1 Å². The average molecular weight is 185 g/mol. The minimum absolute atomic E-state index is 0. The molecule has 0 unspecified atom stereocenters. The summed E-state index contributed by atoms with van der Waals surface area (Å²) in [5.41, 5.74) is 0. The van der Waals surface area contributed by atoms with Gasteiger partial charge in [0.05, 0.1) is 6.26 Å². The predicted octanol–water partition coefficient (Wildman–Crippen LogP) is 1.91. The van der Waals surface area contributed by atoms with Crippen molar-refractivity contribution in [2.45, 2.75) is 0 Å². The SMILES string of the molecule is [CH2-]c1ccco1.[CH3-].[Y]. The van der Waals surface area contributed by atoms with Gasteiger partial charge in [-0.3, -0.25) is 0 Å². The van der Waals surface area contributed by atoms with Crippen LogP contribution in [0.1, 0.15) is 5.76 Å². The molecule has 0 N–H and O–H groups in total. The van der Waals surface area contributed by atoms with Gasteiger partial charge < -0.3 is 11.8 Å². The van der Waals surface area contributed by atoms with E-state index in [1.54, 1.807) is 12.3 Å². The Hall–Kier alpha value is 0.254. The molecule has 0 bridgehead atoms. The maximum Gasteiger partial charge on any atom is 0.0688 e. The van der Waals surface area contributed by atoms with E-state index in [1.165, 1.54) is 0 Å². The Bertz CT molecular complexity index is 112.